The van der Waals surface area contributed by atoms with E-state index in [0.29, 0.717) is 33.0 Å². The van der Waals surface area contributed by atoms with Gasteiger partial charge in [0.05, 0.1) is 13.2 Å². The van der Waals surface area contributed by atoms with Crippen LogP contribution in [0.4, 0.5) is 5.69 Å². The van der Waals surface area contributed by atoms with Gasteiger partial charge in [-0.05, 0) is 43.5 Å². The van der Waals surface area contributed by atoms with Crippen LogP contribution in [0.25, 0.3) is 0 Å². The fourth-order valence-corrected chi connectivity index (χ4v) is 3.15. The highest BCUT2D eigenvalue weighted by Crippen LogP contribution is 2.22. The summed E-state index contributed by atoms with van der Waals surface area (Å²) in [7, 11) is 0. The highest BCUT2D eigenvalue weighted by molar-refractivity contribution is 5.49. The summed E-state index contributed by atoms with van der Waals surface area (Å²) in [4.78, 5) is 0. The summed E-state index contributed by atoms with van der Waals surface area (Å²) >= 11 is 0. The van der Waals surface area contributed by atoms with E-state index in [9.17, 15) is 0 Å². The Morgan fingerprint density at radius 3 is 2.47 bits per heavy atom. The molecular formula is C26H31NO3. The van der Waals surface area contributed by atoms with Crippen molar-refractivity contribution in [3.05, 3.63) is 90.0 Å². The lowest BCUT2D eigenvalue weighted by Crippen LogP contribution is -2.09. The lowest BCUT2D eigenvalue weighted by molar-refractivity contribution is 0.110. The highest BCUT2D eigenvalue weighted by Gasteiger charge is 2.04. The summed E-state index contributed by atoms with van der Waals surface area (Å²) in [6.07, 6.45) is 2.02. The molecule has 0 aliphatic rings. The van der Waals surface area contributed by atoms with Gasteiger partial charge in [-0.3, -0.25) is 0 Å². The zero-order chi connectivity index (χ0) is 20.9. The molecule has 0 saturated carbocycles. The molecule has 4 nitrogen and oxygen atoms in total. The van der Waals surface area contributed by atoms with Gasteiger partial charge in [-0.15, -0.1) is 0 Å². The van der Waals surface area contributed by atoms with Crippen LogP contribution in [-0.2, 0) is 17.7 Å². The van der Waals surface area contributed by atoms with Crippen molar-refractivity contribution in [3.8, 4) is 11.5 Å². The third-order valence-corrected chi connectivity index (χ3v) is 4.70. The van der Waals surface area contributed by atoms with Crippen LogP contribution in [0.3, 0.4) is 0 Å². The molecule has 0 atom stereocenters. The first-order valence-corrected chi connectivity index (χ1v) is 10.6. The Morgan fingerprint density at radius 2 is 1.60 bits per heavy atom. The molecule has 0 aliphatic heterocycles. The Kier molecular flexibility index (Phi) is 9.09. The first-order valence-electron chi connectivity index (χ1n) is 10.6. The SMILES string of the molecule is CCOCCOc1ccccc1CNc1cccc(OCCCc2ccccc2)c1. The van der Waals surface area contributed by atoms with Gasteiger partial charge in [0, 0.05) is 30.5 Å². The van der Waals surface area contributed by atoms with Crippen molar-refractivity contribution in [3.63, 3.8) is 0 Å². The molecule has 0 radical (unpaired) electrons. The van der Waals surface area contributed by atoms with Gasteiger partial charge in [-0.25, -0.2) is 0 Å². The van der Waals surface area contributed by atoms with Gasteiger partial charge in [0.15, 0.2) is 0 Å². The van der Waals surface area contributed by atoms with Gasteiger partial charge >= 0.3 is 0 Å². The van der Waals surface area contributed by atoms with Gasteiger partial charge in [0.1, 0.15) is 18.1 Å². The van der Waals surface area contributed by atoms with E-state index in [4.69, 9.17) is 14.2 Å². The molecule has 3 aromatic carbocycles. The number of benzene rings is 3. The minimum atomic E-state index is 0.553. The van der Waals surface area contributed by atoms with Crippen LogP contribution in [0.5, 0.6) is 11.5 Å². The van der Waals surface area contributed by atoms with Crippen molar-refractivity contribution in [1.29, 1.82) is 0 Å². The maximum atomic E-state index is 5.94. The number of ether oxygens (including phenoxy) is 3. The van der Waals surface area contributed by atoms with Gasteiger partial charge < -0.3 is 19.5 Å². The van der Waals surface area contributed by atoms with E-state index in [2.05, 4.69) is 41.7 Å². The molecule has 0 amide bonds. The van der Waals surface area contributed by atoms with Gasteiger partial charge in [-0.2, -0.15) is 0 Å². The van der Waals surface area contributed by atoms with Crippen LogP contribution >= 0.6 is 0 Å². The first-order chi connectivity index (χ1) is 14.8. The van der Waals surface area contributed by atoms with Crippen LogP contribution in [-0.4, -0.2) is 26.4 Å². The number of hydrogen-bond acceptors (Lipinski definition) is 4. The van der Waals surface area contributed by atoms with Crippen molar-refractivity contribution in [2.24, 2.45) is 0 Å². The minimum Gasteiger partial charge on any atom is -0.494 e. The normalized spacial score (nSPS) is 10.6. The molecule has 0 saturated heterocycles. The number of nitrogens with one attached hydrogen (secondary N) is 1. The topological polar surface area (TPSA) is 39.7 Å². The van der Waals surface area contributed by atoms with E-state index in [1.807, 2.05) is 49.4 Å². The van der Waals surface area contributed by atoms with Crippen molar-refractivity contribution in [2.75, 3.05) is 31.7 Å². The van der Waals surface area contributed by atoms with E-state index >= 15 is 0 Å². The molecule has 158 valence electrons. The quantitative estimate of drug-likeness (QED) is 0.369. The fraction of sp³-hybridized carbons (Fsp3) is 0.308. The molecule has 0 spiro atoms. The summed E-state index contributed by atoms with van der Waals surface area (Å²) in [5.74, 6) is 1.77. The predicted molar refractivity (Wildman–Crippen MR) is 122 cm³/mol. The van der Waals surface area contributed by atoms with Crippen LogP contribution in [0.2, 0.25) is 0 Å². The summed E-state index contributed by atoms with van der Waals surface area (Å²) < 4.78 is 17.2. The third kappa shape index (κ3) is 7.45. The van der Waals surface area contributed by atoms with Gasteiger partial charge in [-0.1, -0.05) is 54.6 Å². The van der Waals surface area contributed by atoms with Crippen LogP contribution in [0.15, 0.2) is 78.9 Å². The fourth-order valence-electron chi connectivity index (χ4n) is 3.15. The molecule has 30 heavy (non-hydrogen) atoms. The second kappa shape index (κ2) is 12.6. The molecule has 0 aromatic heterocycles. The summed E-state index contributed by atoms with van der Waals surface area (Å²) in [6.45, 7) is 5.23. The Hall–Kier alpha value is -2.98. The summed E-state index contributed by atoms with van der Waals surface area (Å²) in [6, 6.07) is 26.7. The van der Waals surface area contributed by atoms with E-state index < -0.39 is 0 Å². The second-order valence-corrected chi connectivity index (χ2v) is 6.97. The Labute approximate surface area is 179 Å². The molecule has 0 bridgehead atoms. The summed E-state index contributed by atoms with van der Waals surface area (Å²) in [5, 5.41) is 3.47. The second-order valence-electron chi connectivity index (χ2n) is 6.97. The maximum absolute atomic E-state index is 5.94. The van der Waals surface area contributed by atoms with Crippen LogP contribution in [0, 0.1) is 0 Å². The Morgan fingerprint density at radius 1 is 0.767 bits per heavy atom. The van der Waals surface area contributed by atoms with E-state index in [-0.39, 0.29) is 0 Å². The van der Waals surface area contributed by atoms with Gasteiger partial charge in [0.2, 0.25) is 0 Å². The number of para-hydroxylation sites is 1. The molecule has 3 aromatic rings. The average molecular weight is 406 g/mol. The largest absolute Gasteiger partial charge is 0.494 e. The highest BCUT2D eigenvalue weighted by atomic mass is 16.5. The third-order valence-electron chi connectivity index (χ3n) is 4.70. The summed E-state index contributed by atoms with van der Waals surface area (Å²) in [5.41, 5.74) is 3.49. The molecule has 1 N–H and O–H groups in total. The van der Waals surface area contributed by atoms with Crippen LogP contribution < -0.4 is 14.8 Å². The molecular weight excluding hydrogens is 374 g/mol. The number of rotatable bonds is 13. The van der Waals surface area contributed by atoms with E-state index in [0.717, 1.165) is 35.6 Å². The van der Waals surface area contributed by atoms with Crippen molar-refractivity contribution < 1.29 is 14.2 Å². The first kappa shape index (κ1) is 21.7. The number of anilines is 1. The van der Waals surface area contributed by atoms with Crippen LogP contribution in [0.1, 0.15) is 24.5 Å². The molecule has 0 unspecified atom stereocenters. The van der Waals surface area contributed by atoms with Gasteiger partial charge in [0.25, 0.3) is 0 Å². The lowest BCUT2D eigenvalue weighted by atomic mass is 10.1. The molecule has 0 aliphatic carbocycles. The minimum absolute atomic E-state index is 0.553. The zero-order valence-electron chi connectivity index (χ0n) is 17.7. The average Bonchev–Trinajstić information content (AvgIpc) is 2.80. The smallest absolute Gasteiger partial charge is 0.124 e. The number of hydrogen-bond donors (Lipinski definition) is 1. The molecule has 0 fully saturated rings. The molecule has 3 rings (SSSR count). The van der Waals surface area contributed by atoms with Crippen molar-refractivity contribution in [2.45, 2.75) is 26.3 Å². The predicted octanol–water partition coefficient (Wildman–Crippen LogP) is 5.73. The Balaban J connectivity index is 1.46. The van der Waals surface area contributed by atoms with Crippen molar-refractivity contribution in [1.82, 2.24) is 0 Å². The zero-order valence-corrected chi connectivity index (χ0v) is 17.7. The number of aryl methyl sites for hydroxylation is 1. The lowest BCUT2D eigenvalue weighted by Gasteiger charge is -2.13. The Bertz CT molecular complexity index is 867. The maximum Gasteiger partial charge on any atom is 0.124 e. The standard InChI is InChI=1S/C26H31NO3/c1-2-28-18-19-30-26-16-7-6-13-23(26)21-27-24-14-8-15-25(20-24)29-17-9-12-22-10-4-3-5-11-22/h3-8,10-11,13-16,20,27H,2,9,12,17-19,21H2,1H3. The van der Waals surface area contributed by atoms with E-state index in [1.165, 1.54) is 5.56 Å². The van der Waals surface area contributed by atoms with Crippen molar-refractivity contribution >= 4 is 5.69 Å². The molecule has 0 heterocycles. The monoisotopic (exact) mass is 405 g/mol. The molecule has 4 heteroatoms. The van der Waals surface area contributed by atoms with E-state index in [1.54, 1.807) is 0 Å².